The molecule has 182 valence electrons. The van der Waals surface area contributed by atoms with Crippen molar-refractivity contribution in [2.24, 2.45) is 0 Å². The number of amides is 1. The fourth-order valence-corrected chi connectivity index (χ4v) is 4.59. The van der Waals surface area contributed by atoms with Gasteiger partial charge < -0.3 is 10.1 Å². The van der Waals surface area contributed by atoms with Crippen LogP contribution in [0, 0.1) is 13.8 Å². The maximum atomic E-state index is 13.6. The second-order valence-electron chi connectivity index (χ2n) is 8.28. The Labute approximate surface area is 208 Å². The fourth-order valence-electron chi connectivity index (χ4n) is 3.77. The van der Waals surface area contributed by atoms with E-state index in [2.05, 4.69) is 10.4 Å². The number of thioether (sulfide) groups is 1. The van der Waals surface area contributed by atoms with Gasteiger partial charge in [-0.05, 0) is 44.0 Å². The fraction of sp³-hybridized carbons (Fsp3) is 0.308. The Bertz CT molecular complexity index is 1390. The lowest BCUT2D eigenvalue weighted by Crippen LogP contribution is -2.28. The van der Waals surface area contributed by atoms with Crippen molar-refractivity contribution in [3.8, 4) is 5.75 Å². The zero-order chi connectivity index (χ0) is 24.9. The highest BCUT2D eigenvalue weighted by atomic mass is 32.2. The minimum atomic E-state index is -0.154. The molecule has 2 aromatic heterocycles. The summed E-state index contributed by atoms with van der Waals surface area (Å²) in [6.07, 6.45) is 0. The molecule has 1 amide bonds. The first-order valence-corrected chi connectivity index (χ1v) is 12.4. The summed E-state index contributed by atoms with van der Waals surface area (Å²) in [5.74, 6) is 0.775. The van der Waals surface area contributed by atoms with Gasteiger partial charge >= 0.3 is 0 Å². The Morgan fingerprint density at radius 3 is 2.40 bits per heavy atom. The van der Waals surface area contributed by atoms with Crippen LogP contribution >= 0.6 is 11.8 Å². The molecule has 0 radical (unpaired) electrons. The van der Waals surface area contributed by atoms with Gasteiger partial charge in [-0.25, -0.2) is 4.98 Å². The monoisotopic (exact) mass is 491 g/mol. The van der Waals surface area contributed by atoms with Crippen molar-refractivity contribution in [1.29, 1.82) is 0 Å². The van der Waals surface area contributed by atoms with Crippen LogP contribution in [0.3, 0.4) is 0 Å². The van der Waals surface area contributed by atoms with Gasteiger partial charge in [0.15, 0.2) is 10.7 Å². The van der Waals surface area contributed by atoms with Crippen LogP contribution in [0.4, 0.5) is 0 Å². The van der Waals surface area contributed by atoms with Gasteiger partial charge in [-0.1, -0.05) is 53.7 Å². The first-order valence-electron chi connectivity index (χ1n) is 11.5. The Morgan fingerprint density at radius 1 is 1.06 bits per heavy atom. The quantitative estimate of drug-likeness (QED) is 0.284. The molecule has 4 aromatic rings. The standard InChI is InChI=1S/C26H29N5O3S/c1-5-31-24-23(18(3)29-31)28-26(30(25(24)33)15-20-8-6-17(2)7-9-20)35-16-22(32)27-14-19-10-12-21(34-4)13-11-19/h6-13H,5,14-16H2,1-4H3,(H,27,32). The number of ether oxygens (including phenoxy) is 1. The summed E-state index contributed by atoms with van der Waals surface area (Å²) in [7, 11) is 1.62. The number of nitrogens with zero attached hydrogens (tertiary/aromatic N) is 4. The van der Waals surface area contributed by atoms with Gasteiger partial charge in [-0.3, -0.25) is 18.8 Å². The third kappa shape index (κ3) is 5.57. The number of methoxy groups -OCH3 is 1. The topological polar surface area (TPSA) is 91.0 Å². The third-order valence-electron chi connectivity index (χ3n) is 5.72. The van der Waals surface area contributed by atoms with E-state index in [9.17, 15) is 9.59 Å². The van der Waals surface area contributed by atoms with E-state index in [4.69, 9.17) is 9.72 Å². The highest BCUT2D eigenvalue weighted by molar-refractivity contribution is 7.99. The maximum Gasteiger partial charge on any atom is 0.280 e. The van der Waals surface area contributed by atoms with Crippen molar-refractivity contribution >= 4 is 28.7 Å². The molecule has 0 bridgehead atoms. The van der Waals surface area contributed by atoms with E-state index in [0.717, 1.165) is 22.4 Å². The molecule has 1 N–H and O–H groups in total. The summed E-state index contributed by atoms with van der Waals surface area (Å²) in [5, 5.41) is 7.91. The van der Waals surface area contributed by atoms with Crippen LogP contribution in [-0.4, -0.2) is 38.1 Å². The van der Waals surface area contributed by atoms with Crippen LogP contribution in [0.25, 0.3) is 11.0 Å². The van der Waals surface area contributed by atoms with Gasteiger partial charge in [0.05, 0.1) is 25.1 Å². The average Bonchev–Trinajstić information content (AvgIpc) is 3.20. The Morgan fingerprint density at radius 2 is 1.74 bits per heavy atom. The van der Waals surface area contributed by atoms with E-state index in [1.54, 1.807) is 16.4 Å². The van der Waals surface area contributed by atoms with Gasteiger partial charge in [0, 0.05) is 13.1 Å². The van der Waals surface area contributed by atoms with Gasteiger partial charge in [-0.2, -0.15) is 5.10 Å². The smallest absolute Gasteiger partial charge is 0.280 e. The predicted molar refractivity (Wildman–Crippen MR) is 138 cm³/mol. The molecule has 0 atom stereocenters. The molecule has 0 aliphatic carbocycles. The van der Waals surface area contributed by atoms with Crippen molar-refractivity contribution < 1.29 is 9.53 Å². The van der Waals surface area contributed by atoms with Crippen LogP contribution in [0.2, 0.25) is 0 Å². The van der Waals surface area contributed by atoms with Crippen molar-refractivity contribution in [2.45, 2.75) is 45.6 Å². The van der Waals surface area contributed by atoms with E-state index in [1.165, 1.54) is 11.8 Å². The molecule has 4 rings (SSSR count). The lowest BCUT2D eigenvalue weighted by molar-refractivity contribution is -0.118. The summed E-state index contributed by atoms with van der Waals surface area (Å²) in [4.78, 5) is 30.9. The highest BCUT2D eigenvalue weighted by Crippen LogP contribution is 2.21. The normalized spacial score (nSPS) is 11.1. The summed E-state index contributed by atoms with van der Waals surface area (Å²) in [6, 6.07) is 15.6. The van der Waals surface area contributed by atoms with E-state index >= 15 is 0 Å². The van der Waals surface area contributed by atoms with Gasteiger partial charge in [0.2, 0.25) is 5.91 Å². The van der Waals surface area contributed by atoms with Crippen LogP contribution in [0.1, 0.15) is 29.3 Å². The number of hydrogen-bond acceptors (Lipinski definition) is 6. The second kappa shape index (κ2) is 10.8. The van der Waals surface area contributed by atoms with Gasteiger partial charge in [0.1, 0.15) is 11.3 Å². The van der Waals surface area contributed by atoms with Gasteiger partial charge in [0.25, 0.3) is 5.56 Å². The average molecular weight is 492 g/mol. The van der Waals surface area contributed by atoms with Crippen LogP contribution in [0.5, 0.6) is 5.75 Å². The van der Waals surface area contributed by atoms with Crippen molar-refractivity contribution in [3.63, 3.8) is 0 Å². The minimum Gasteiger partial charge on any atom is -0.497 e. The molecule has 8 nitrogen and oxygen atoms in total. The number of carbonyl (C=O) groups is 1. The SMILES string of the molecule is CCn1nc(C)c2nc(SCC(=O)NCc3ccc(OC)cc3)n(Cc3ccc(C)cc3)c(=O)c21. The lowest BCUT2D eigenvalue weighted by Gasteiger charge is -2.13. The summed E-state index contributed by atoms with van der Waals surface area (Å²) >= 11 is 1.26. The number of benzene rings is 2. The van der Waals surface area contributed by atoms with Crippen LogP contribution in [-0.2, 0) is 24.4 Å². The molecule has 0 aliphatic heterocycles. The van der Waals surface area contributed by atoms with Crippen molar-refractivity contribution in [2.75, 3.05) is 12.9 Å². The minimum absolute atomic E-state index is 0.136. The number of rotatable bonds is 9. The van der Waals surface area contributed by atoms with Crippen LogP contribution in [0.15, 0.2) is 58.5 Å². The maximum absolute atomic E-state index is 13.6. The first-order chi connectivity index (χ1) is 16.9. The molecular weight excluding hydrogens is 462 g/mol. The van der Waals surface area contributed by atoms with Crippen molar-refractivity contribution in [3.05, 3.63) is 81.3 Å². The molecule has 0 aliphatic rings. The molecule has 0 spiro atoms. The number of fused-ring (bicyclic) bond motifs is 1. The lowest BCUT2D eigenvalue weighted by atomic mass is 10.1. The van der Waals surface area contributed by atoms with Crippen molar-refractivity contribution in [1.82, 2.24) is 24.6 Å². The first kappa shape index (κ1) is 24.5. The Hall–Kier alpha value is -3.59. The molecule has 0 fully saturated rings. The number of nitrogens with one attached hydrogen (secondary N) is 1. The van der Waals surface area contributed by atoms with E-state index in [-0.39, 0.29) is 17.2 Å². The van der Waals surface area contributed by atoms with E-state index in [1.807, 2.05) is 69.3 Å². The highest BCUT2D eigenvalue weighted by Gasteiger charge is 2.19. The molecule has 2 aromatic carbocycles. The molecule has 0 saturated carbocycles. The number of aromatic nitrogens is 4. The van der Waals surface area contributed by atoms with Crippen LogP contribution < -0.4 is 15.6 Å². The number of hydrogen-bond donors (Lipinski definition) is 1. The zero-order valence-corrected chi connectivity index (χ0v) is 21.2. The Balaban J connectivity index is 1.57. The van der Waals surface area contributed by atoms with E-state index in [0.29, 0.717) is 41.5 Å². The molecule has 2 heterocycles. The molecule has 9 heteroatoms. The molecule has 0 saturated heterocycles. The number of carbonyl (C=O) groups excluding carboxylic acids is 1. The zero-order valence-electron chi connectivity index (χ0n) is 20.4. The third-order valence-corrected chi connectivity index (χ3v) is 6.70. The second-order valence-corrected chi connectivity index (χ2v) is 9.23. The number of aryl methyl sites for hydroxylation is 3. The largest absolute Gasteiger partial charge is 0.497 e. The molecule has 35 heavy (non-hydrogen) atoms. The van der Waals surface area contributed by atoms with Gasteiger partial charge in [-0.15, -0.1) is 0 Å². The van der Waals surface area contributed by atoms with E-state index < -0.39 is 0 Å². The Kier molecular flexibility index (Phi) is 7.55. The summed E-state index contributed by atoms with van der Waals surface area (Å²) < 4.78 is 8.50. The predicted octanol–water partition coefficient (Wildman–Crippen LogP) is 3.70. The summed E-state index contributed by atoms with van der Waals surface area (Å²) in [5.41, 5.74) is 4.74. The molecular formula is C26H29N5O3S. The summed E-state index contributed by atoms with van der Waals surface area (Å²) in [6.45, 7) is 7.18. The molecule has 0 unspecified atom stereocenters.